The molecule has 0 radical (unpaired) electrons. The van der Waals surface area contributed by atoms with Gasteiger partial charge in [-0.15, -0.1) is 0 Å². The van der Waals surface area contributed by atoms with Crippen LogP contribution >= 0.6 is 0 Å². The van der Waals surface area contributed by atoms with Crippen molar-refractivity contribution in [2.45, 2.75) is 47.2 Å². The number of carbonyl (C=O) groups is 2. The Morgan fingerprint density at radius 1 is 1.31 bits per heavy atom. The third kappa shape index (κ3) is 3.79. The fourth-order valence-corrected chi connectivity index (χ4v) is 2.99. The maximum absolute atomic E-state index is 12.6. The van der Waals surface area contributed by atoms with E-state index in [0.29, 0.717) is 43.6 Å². The summed E-state index contributed by atoms with van der Waals surface area (Å²) in [5.74, 6) is 0.919. The monoisotopic (exact) mass is 359 g/mol. The van der Waals surface area contributed by atoms with Gasteiger partial charge < -0.3 is 14.7 Å². The third-order valence-electron chi connectivity index (χ3n) is 4.56. The molecule has 8 nitrogen and oxygen atoms in total. The summed E-state index contributed by atoms with van der Waals surface area (Å²) in [4.78, 5) is 26.6. The molecule has 1 N–H and O–H groups in total. The van der Waals surface area contributed by atoms with Crippen molar-refractivity contribution in [3.63, 3.8) is 0 Å². The van der Waals surface area contributed by atoms with E-state index < -0.39 is 0 Å². The molecule has 0 unspecified atom stereocenters. The van der Waals surface area contributed by atoms with Crippen molar-refractivity contribution in [2.24, 2.45) is 5.92 Å². The Bertz CT molecular complexity index is 801. The first-order valence-corrected chi connectivity index (χ1v) is 8.89. The summed E-state index contributed by atoms with van der Waals surface area (Å²) in [5.41, 5.74) is 2.88. The highest BCUT2D eigenvalue weighted by Crippen LogP contribution is 2.18. The van der Waals surface area contributed by atoms with Crippen LogP contribution in [0.5, 0.6) is 0 Å². The van der Waals surface area contributed by atoms with Gasteiger partial charge in [-0.3, -0.25) is 14.3 Å². The molecule has 2 amide bonds. The molecule has 1 aliphatic heterocycles. The van der Waals surface area contributed by atoms with Gasteiger partial charge in [0, 0.05) is 18.7 Å². The average molecular weight is 359 g/mol. The summed E-state index contributed by atoms with van der Waals surface area (Å²) in [7, 11) is 0. The van der Waals surface area contributed by atoms with Gasteiger partial charge in [0.25, 0.3) is 5.91 Å². The normalized spacial score (nSPS) is 13.8. The molecule has 2 aromatic rings. The molecule has 140 valence electrons. The predicted octanol–water partition coefficient (Wildman–Crippen LogP) is 1.46. The molecule has 0 spiro atoms. The molecular formula is C18H25N5O3. The van der Waals surface area contributed by atoms with Crippen LogP contribution in [0.3, 0.4) is 0 Å². The molecule has 0 bridgehead atoms. The van der Waals surface area contributed by atoms with Crippen molar-refractivity contribution in [2.75, 3.05) is 13.1 Å². The maximum atomic E-state index is 12.6. The minimum absolute atomic E-state index is 0.0256. The number of nitrogens with one attached hydrogen (secondary N) is 1. The van der Waals surface area contributed by atoms with E-state index in [9.17, 15) is 9.59 Å². The number of fused-ring (bicyclic) bond motifs is 1. The zero-order valence-electron chi connectivity index (χ0n) is 15.7. The zero-order chi connectivity index (χ0) is 18.8. The van der Waals surface area contributed by atoms with Gasteiger partial charge in [-0.25, -0.2) is 0 Å². The summed E-state index contributed by atoms with van der Waals surface area (Å²) >= 11 is 0. The summed E-state index contributed by atoms with van der Waals surface area (Å²) < 4.78 is 6.94. The van der Waals surface area contributed by atoms with E-state index in [1.54, 1.807) is 11.0 Å². The summed E-state index contributed by atoms with van der Waals surface area (Å²) in [6.45, 7) is 9.96. The number of rotatable bonds is 5. The third-order valence-corrected chi connectivity index (χ3v) is 4.56. The van der Waals surface area contributed by atoms with E-state index in [4.69, 9.17) is 4.52 Å². The first-order valence-electron chi connectivity index (χ1n) is 8.89. The zero-order valence-corrected chi connectivity index (χ0v) is 15.7. The predicted molar refractivity (Wildman–Crippen MR) is 94.5 cm³/mol. The van der Waals surface area contributed by atoms with Gasteiger partial charge >= 0.3 is 0 Å². The van der Waals surface area contributed by atoms with Gasteiger partial charge in [-0.1, -0.05) is 19.0 Å². The number of nitrogens with zero attached hydrogens (tertiary/aromatic N) is 4. The Hall–Kier alpha value is -2.64. The number of aryl methyl sites for hydroxylation is 2. The topological polar surface area (TPSA) is 93.3 Å². The van der Waals surface area contributed by atoms with Crippen molar-refractivity contribution < 1.29 is 14.1 Å². The fraction of sp³-hybridized carbons (Fsp3) is 0.556. The van der Waals surface area contributed by atoms with Crippen LogP contribution in [0.15, 0.2) is 10.6 Å². The van der Waals surface area contributed by atoms with Gasteiger partial charge in [-0.2, -0.15) is 5.10 Å². The number of carbonyl (C=O) groups excluding carboxylic acids is 2. The molecule has 3 rings (SSSR count). The van der Waals surface area contributed by atoms with Gasteiger partial charge in [0.2, 0.25) is 5.91 Å². The quantitative estimate of drug-likeness (QED) is 0.872. The minimum Gasteiger partial charge on any atom is -0.361 e. The van der Waals surface area contributed by atoms with Gasteiger partial charge in [-0.05, 0) is 25.8 Å². The molecule has 0 aliphatic carbocycles. The highest BCUT2D eigenvalue weighted by atomic mass is 16.5. The van der Waals surface area contributed by atoms with Crippen LogP contribution in [0, 0.1) is 19.8 Å². The van der Waals surface area contributed by atoms with E-state index >= 15 is 0 Å². The van der Waals surface area contributed by atoms with E-state index in [1.165, 1.54) is 0 Å². The van der Waals surface area contributed by atoms with Crippen LogP contribution in [-0.2, 0) is 24.3 Å². The first kappa shape index (κ1) is 18.2. The molecule has 26 heavy (non-hydrogen) atoms. The average Bonchev–Trinajstić information content (AvgIpc) is 3.17. The number of amides is 2. The van der Waals surface area contributed by atoms with Gasteiger partial charge in [0.15, 0.2) is 5.69 Å². The molecule has 0 fully saturated rings. The lowest BCUT2D eigenvalue weighted by Gasteiger charge is -2.27. The SMILES string of the molecule is Cc1noc(C)c1CC(=O)N1CCn2nc(C(=O)NCC(C)C)cc2C1. The lowest BCUT2D eigenvalue weighted by molar-refractivity contribution is -0.132. The Balaban J connectivity index is 1.66. The standard InChI is InChI=1S/C18H25N5O3/c1-11(2)9-19-18(25)16-7-14-10-22(5-6-23(14)20-16)17(24)8-15-12(3)21-26-13(15)4/h7,11H,5-6,8-10H2,1-4H3,(H,19,25). The molecule has 0 saturated heterocycles. The van der Waals surface area contributed by atoms with Gasteiger partial charge in [0.1, 0.15) is 5.76 Å². The maximum Gasteiger partial charge on any atom is 0.271 e. The van der Waals surface area contributed by atoms with E-state index in [0.717, 1.165) is 17.0 Å². The molecule has 0 saturated carbocycles. The van der Waals surface area contributed by atoms with Crippen LogP contribution in [-0.4, -0.2) is 44.7 Å². The first-order chi connectivity index (χ1) is 12.3. The van der Waals surface area contributed by atoms with Crippen molar-refractivity contribution in [3.8, 4) is 0 Å². The molecule has 3 heterocycles. The largest absolute Gasteiger partial charge is 0.361 e. The highest BCUT2D eigenvalue weighted by Gasteiger charge is 2.25. The molecule has 0 atom stereocenters. The summed E-state index contributed by atoms with van der Waals surface area (Å²) in [5, 5.41) is 11.1. The Morgan fingerprint density at radius 2 is 2.08 bits per heavy atom. The fourth-order valence-electron chi connectivity index (χ4n) is 2.99. The second kappa shape index (κ2) is 7.31. The van der Waals surface area contributed by atoms with Crippen LogP contribution in [0.4, 0.5) is 0 Å². The van der Waals surface area contributed by atoms with Crippen molar-refractivity contribution in [3.05, 3.63) is 34.5 Å². The minimum atomic E-state index is -0.172. The Kier molecular flexibility index (Phi) is 5.11. The van der Waals surface area contributed by atoms with Crippen LogP contribution in [0.2, 0.25) is 0 Å². The second-order valence-electron chi connectivity index (χ2n) is 7.14. The number of hydrogen-bond acceptors (Lipinski definition) is 5. The van der Waals surface area contributed by atoms with Crippen molar-refractivity contribution in [1.82, 2.24) is 25.2 Å². The Morgan fingerprint density at radius 3 is 2.73 bits per heavy atom. The van der Waals surface area contributed by atoms with E-state index in [2.05, 4.69) is 15.6 Å². The summed E-state index contributed by atoms with van der Waals surface area (Å²) in [6, 6.07) is 1.77. The van der Waals surface area contributed by atoms with Crippen LogP contribution < -0.4 is 5.32 Å². The lowest BCUT2D eigenvalue weighted by Crippen LogP contribution is -2.39. The highest BCUT2D eigenvalue weighted by molar-refractivity contribution is 5.92. The second-order valence-corrected chi connectivity index (χ2v) is 7.14. The number of hydrogen-bond donors (Lipinski definition) is 1. The number of aromatic nitrogens is 3. The summed E-state index contributed by atoms with van der Waals surface area (Å²) in [6.07, 6.45) is 0.275. The molecule has 2 aromatic heterocycles. The smallest absolute Gasteiger partial charge is 0.271 e. The van der Waals surface area contributed by atoms with Crippen LogP contribution in [0.25, 0.3) is 0 Å². The van der Waals surface area contributed by atoms with Crippen molar-refractivity contribution >= 4 is 11.8 Å². The lowest BCUT2D eigenvalue weighted by atomic mass is 10.1. The van der Waals surface area contributed by atoms with Gasteiger partial charge in [0.05, 0.1) is 30.9 Å². The van der Waals surface area contributed by atoms with Crippen LogP contribution in [0.1, 0.15) is 47.0 Å². The van der Waals surface area contributed by atoms with E-state index in [1.807, 2.05) is 32.4 Å². The molecule has 8 heteroatoms. The van der Waals surface area contributed by atoms with E-state index in [-0.39, 0.29) is 18.2 Å². The molecular weight excluding hydrogens is 334 g/mol. The molecule has 0 aromatic carbocycles. The van der Waals surface area contributed by atoms with Crippen molar-refractivity contribution in [1.29, 1.82) is 0 Å². The molecule has 1 aliphatic rings. The Labute approximate surface area is 152 Å².